The minimum atomic E-state index is -3.14. The van der Waals surface area contributed by atoms with Gasteiger partial charge < -0.3 is 10.6 Å². The van der Waals surface area contributed by atoms with E-state index in [0.717, 1.165) is 17.4 Å². The standard InChI is InChI=1S/C20H24N2O3S.ClH/c1-26(24,25)12-11-19(21)20(23)22-13-16-9-5-6-10-17(16)18(14-22)15-7-3-2-4-8-15;/h2-10,18-19H,11-14,21H2,1H3;1H. The molecule has 0 fully saturated rings. The number of hydrogen-bond donors (Lipinski definition) is 1. The van der Waals surface area contributed by atoms with Gasteiger partial charge in [0.15, 0.2) is 0 Å². The van der Waals surface area contributed by atoms with Crippen molar-refractivity contribution >= 4 is 28.2 Å². The summed E-state index contributed by atoms with van der Waals surface area (Å²) >= 11 is 0. The molecule has 0 radical (unpaired) electrons. The molecule has 2 aromatic carbocycles. The summed E-state index contributed by atoms with van der Waals surface area (Å²) in [5.74, 6) is -0.178. The van der Waals surface area contributed by atoms with Crippen molar-refractivity contribution in [3.05, 3.63) is 71.3 Å². The lowest BCUT2D eigenvalue weighted by Crippen LogP contribution is -2.47. The van der Waals surface area contributed by atoms with Crippen LogP contribution in [-0.2, 0) is 21.2 Å². The third-order valence-corrected chi connectivity index (χ3v) is 5.80. The van der Waals surface area contributed by atoms with Gasteiger partial charge in [-0.25, -0.2) is 8.42 Å². The number of benzene rings is 2. The molecule has 1 aliphatic heterocycles. The van der Waals surface area contributed by atoms with E-state index in [2.05, 4.69) is 18.2 Å². The summed E-state index contributed by atoms with van der Waals surface area (Å²) in [7, 11) is -3.14. The topological polar surface area (TPSA) is 80.5 Å². The number of nitrogens with two attached hydrogens (primary N) is 1. The van der Waals surface area contributed by atoms with Gasteiger partial charge in [0.2, 0.25) is 5.91 Å². The molecule has 0 saturated heterocycles. The quantitative estimate of drug-likeness (QED) is 0.823. The number of hydrogen-bond acceptors (Lipinski definition) is 4. The molecule has 0 saturated carbocycles. The van der Waals surface area contributed by atoms with E-state index in [-0.39, 0.29) is 36.4 Å². The maximum absolute atomic E-state index is 12.8. The van der Waals surface area contributed by atoms with E-state index in [1.165, 1.54) is 5.56 Å². The van der Waals surface area contributed by atoms with Gasteiger partial charge in [-0.05, 0) is 23.1 Å². The van der Waals surface area contributed by atoms with Crippen LogP contribution in [0.5, 0.6) is 0 Å². The summed E-state index contributed by atoms with van der Waals surface area (Å²) < 4.78 is 22.7. The molecular weight excluding hydrogens is 384 g/mol. The van der Waals surface area contributed by atoms with E-state index < -0.39 is 15.9 Å². The molecule has 2 unspecified atom stereocenters. The monoisotopic (exact) mass is 408 g/mol. The fourth-order valence-electron chi connectivity index (χ4n) is 3.44. The minimum Gasteiger partial charge on any atom is -0.336 e. The first-order chi connectivity index (χ1) is 12.3. The number of carbonyl (C=O) groups excluding carboxylic acids is 1. The number of fused-ring (bicyclic) bond motifs is 1. The zero-order valence-corrected chi connectivity index (χ0v) is 16.9. The molecule has 2 aromatic rings. The van der Waals surface area contributed by atoms with Crippen LogP contribution in [0, 0.1) is 0 Å². The highest BCUT2D eigenvalue weighted by Gasteiger charge is 2.31. The maximum Gasteiger partial charge on any atom is 0.239 e. The molecule has 1 amide bonds. The van der Waals surface area contributed by atoms with Crippen molar-refractivity contribution in [2.45, 2.75) is 24.9 Å². The third kappa shape index (κ3) is 5.31. The Morgan fingerprint density at radius 1 is 1.15 bits per heavy atom. The lowest BCUT2D eigenvalue weighted by atomic mass is 9.84. The molecule has 5 nitrogen and oxygen atoms in total. The summed E-state index contributed by atoms with van der Waals surface area (Å²) in [6, 6.07) is 17.4. The van der Waals surface area contributed by atoms with Gasteiger partial charge >= 0.3 is 0 Å². The number of sulfone groups is 1. The van der Waals surface area contributed by atoms with Crippen molar-refractivity contribution in [2.24, 2.45) is 5.73 Å². The van der Waals surface area contributed by atoms with Crippen molar-refractivity contribution in [3.63, 3.8) is 0 Å². The lowest BCUT2D eigenvalue weighted by Gasteiger charge is -2.36. The number of nitrogens with zero attached hydrogens (tertiary/aromatic N) is 1. The van der Waals surface area contributed by atoms with Crippen LogP contribution in [0.3, 0.4) is 0 Å². The summed E-state index contributed by atoms with van der Waals surface area (Å²) in [6.45, 7) is 1.05. The molecule has 3 rings (SSSR count). The first-order valence-electron chi connectivity index (χ1n) is 8.70. The van der Waals surface area contributed by atoms with Crippen molar-refractivity contribution in [3.8, 4) is 0 Å². The van der Waals surface area contributed by atoms with E-state index in [4.69, 9.17) is 5.73 Å². The first kappa shape index (κ1) is 21.4. The zero-order chi connectivity index (χ0) is 18.7. The highest BCUT2D eigenvalue weighted by molar-refractivity contribution is 7.90. The summed E-state index contributed by atoms with van der Waals surface area (Å²) in [6.07, 6.45) is 1.30. The number of halogens is 1. The fraction of sp³-hybridized carbons (Fsp3) is 0.350. The molecule has 146 valence electrons. The van der Waals surface area contributed by atoms with Crippen LogP contribution >= 0.6 is 12.4 Å². The Labute approximate surface area is 166 Å². The minimum absolute atomic E-state index is 0. The van der Waals surface area contributed by atoms with Crippen LogP contribution in [0.25, 0.3) is 0 Å². The SMILES string of the molecule is CS(=O)(=O)CCC(N)C(=O)N1Cc2ccccc2C(c2ccccc2)C1.Cl. The van der Waals surface area contributed by atoms with Crippen molar-refractivity contribution in [2.75, 3.05) is 18.6 Å². The fourth-order valence-corrected chi connectivity index (χ4v) is 4.13. The summed E-state index contributed by atoms with van der Waals surface area (Å²) in [4.78, 5) is 14.6. The van der Waals surface area contributed by atoms with E-state index in [9.17, 15) is 13.2 Å². The second kappa shape index (κ2) is 8.87. The molecule has 7 heteroatoms. The predicted molar refractivity (Wildman–Crippen MR) is 110 cm³/mol. The van der Waals surface area contributed by atoms with Gasteiger partial charge in [0.05, 0.1) is 11.8 Å². The van der Waals surface area contributed by atoms with Gasteiger partial charge in [0.25, 0.3) is 0 Å². The first-order valence-corrected chi connectivity index (χ1v) is 10.8. The van der Waals surface area contributed by atoms with Gasteiger partial charge in [-0.1, -0.05) is 54.6 Å². The van der Waals surface area contributed by atoms with Crippen LogP contribution in [0.1, 0.15) is 29.0 Å². The van der Waals surface area contributed by atoms with Crippen molar-refractivity contribution < 1.29 is 13.2 Å². The predicted octanol–water partition coefficient (Wildman–Crippen LogP) is 2.34. The molecule has 1 aliphatic rings. The van der Waals surface area contributed by atoms with Crippen LogP contribution in [0.2, 0.25) is 0 Å². The van der Waals surface area contributed by atoms with Crippen molar-refractivity contribution in [1.82, 2.24) is 4.90 Å². The molecule has 0 bridgehead atoms. The van der Waals surface area contributed by atoms with Crippen LogP contribution in [-0.4, -0.2) is 43.8 Å². The van der Waals surface area contributed by atoms with Crippen molar-refractivity contribution in [1.29, 1.82) is 0 Å². The van der Waals surface area contributed by atoms with E-state index >= 15 is 0 Å². The van der Waals surface area contributed by atoms with E-state index in [1.807, 2.05) is 36.4 Å². The largest absolute Gasteiger partial charge is 0.336 e. The summed E-state index contributed by atoms with van der Waals surface area (Å²) in [5.41, 5.74) is 9.50. The summed E-state index contributed by atoms with van der Waals surface area (Å²) in [5, 5.41) is 0. The second-order valence-corrected chi connectivity index (χ2v) is 9.17. The second-order valence-electron chi connectivity index (χ2n) is 6.91. The van der Waals surface area contributed by atoms with Crippen LogP contribution in [0.4, 0.5) is 0 Å². The number of rotatable bonds is 5. The average Bonchev–Trinajstić information content (AvgIpc) is 2.64. The Morgan fingerprint density at radius 3 is 2.44 bits per heavy atom. The van der Waals surface area contributed by atoms with Gasteiger partial charge in [-0.3, -0.25) is 4.79 Å². The Hall–Kier alpha value is -1.89. The normalized spacial score (nSPS) is 17.6. The Morgan fingerprint density at radius 2 is 1.78 bits per heavy atom. The number of carbonyl (C=O) groups is 1. The molecular formula is C20H25ClN2O3S. The highest BCUT2D eigenvalue weighted by Crippen LogP contribution is 2.33. The van der Waals surface area contributed by atoms with Gasteiger partial charge in [-0.2, -0.15) is 0 Å². The third-order valence-electron chi connectivity index (χ3n) is 4.83. The van der Waals surface area contributed by atoms with Gasteiger partial charge in [0, 0.05) is 25.3 Å². The molecule has 27 heavy (non-hydrogen) atoms. The Balaban J connectivity index is 0.00000261. The number of amides is 1. The molecule has 0 aromatic heterocycles. The maximum atomic E-state index is 12.8. The Kier molecular flexibility index (Phi) is 7.03. The molecule has 2 atom stereocenters. The van der Waals surface area contributed by atoms with E-state index in [1.54, 1.807) is 4.90 Å². The van der Waals surface area contributed by atoms with Gasteiger partial charge in [-0.15, -0.1) is 12.4 Å². The van der Waals surface area contributed by atoms with Crippen LogP contribution in [0.15, 0.2) is 54.6 Å². The molecule has 0 spiro atoms. The highest BCUT2D eigenvalue weighted by atomic mass is 35.5. The average molecular weight is 409 g/mol. The zero-order valence-electron chi connectivity index (χ0n) is 15.2. The lowest BCUT2D eigenvalue weighted by molar-refractivity contribution is -0.133. The van der Waals surface area contributed by atoms with E-state index in [0.29, 0.717) is 13.1 Å². The van der Waals surface area contributed by atoms with Gasteiger partial charge in [0.1, 0.15) is 9.84 Å². The molecule has 0 aliphatic carbocycles. The molecule has 2 N–H and O–H groups in total. The smallest absolute Gasteiger partial charge is 0.239 e. The molecule has 1 heterocycles. The van der Waals surface area contributed by atoms with Crippen LogP contribution < -0.4 is 5.73 Å². The Bertz CT molecular complexity index is 887.